The molecule has 0 aliphatic carbocycles. The van der Waals surface area contributed by atoms with Gasteiger partial charge >= 0.3 is 0 Å². The van der Waals surface area contributed by atoms with Crippen molar-refractivity contribution in [2.75, 3.05) is 10.8 Å². The van der Waals surface area contributed by atoms with Crippen LogP contribution in [0.15, 0.2) is 76.1 Å². The highest BCUT2D eigenvalue weighted by Gasteiger charge is 2.33. The average molecular weight is 629 g/mol. The fourth-order valence-corrected chi connectivity index (χ4v) is 5.91. The fourth-order valence-electron chi connectivity index (χ4n) is 4.17. The summed E-state index contributed by atoms with van der Waals surface area (Å²) in [5, 5.41) is 2.95. The molecule has 0 saturated heterocycles. The summed E-state index contributed by atoms with van der Waals surface area (Å²) >= 11 is 3.43. The van der Waals surface area contributed by atoms with Crippen LogP contribution in [0.1, 0.15) is 49.4 Å². The largest absolute Gasteiger partial charge is 0.352 e. The Kier molecular flexibility index (Phi) is 10.6. The third kappa shape index (κ3) is 7.73. The molecule has 0 bridgehead atoms. The normalized spacial score (nSPS) is 12.9. The average Bonchev–Trinajstić information content (AvgIpc) is 2.92. The zero-order valence-electron chi connectivity index (χ0n) is 23.9. The van der Waals surface area contributed by atoms with E-state index in [4.69, 9.17) is 0 Å². The standard InChI is InChI=1S/C31H38BrN3O4S/c1-7-24(5)33-31(37)25(6)34(19-26-12-14-27(32)15-13-26)30(36)20-35(29-18-22(3)8-11-23(29)4)40(38,39)28-16-9-21(2)10-17-28/h8-18,24-25H,7,19-20H2,1-6H3,(H,33,37)/t24-,25+/m0/s1. The summed E-state index contributed by atoms with van der Waals surface area (Å²) in [4.78, 5) is 28.8. The van der Waals surface area contributed by atoms with Crippen LogP contribution < -0.4 is 9.62 Å². The first-order valence-corrected chi connectivity index (χ1v) is 15.6. The lowest BCUT2D eigenvalue weighted by Crippen LogP contribution is -2.52. The van der Waals surface area contributed by atoms with Gasteiger partial charge in [-0.05, 0) is 88.1 Å². The predicted molar refractivity (Wildman–Crippen MR) is 164 cm³/mol. The molecule has 0 heterocycles. The van der Waals surface area contributed by atoms with Crippen molar-refractivity contribution >= 4 is 43.5 Å². The van der Waals surface area contributed by atoms with E-state index in [1.165, 1.54) is 4.90 Å². The number of nitrogens with zero attached hydrogens (tertiary/aromatic N) is 2. The quantitative estimate of drug-likeness (QED) is 0.287. The molecular formula is C31H38BrN3O4S. The second-order valence-corrected chi connectivity index (χ2v) is 13.0. The van der Waals surface area contributed by atoms with Gasteiger partial charge in [-0.15, -0.1) is 0 Å². The second-order valence-electron chi connectivity index (χ2n) is 10.3. The third-order valence-electron chi connectivity index (χ3n) is 6.96. The smallest absolute Gasteiger partial charge is 0.264 e. The minimum absolute atomic E-state index is 0.0621. The maximum absolute atomic E-state index is 14.1. The first-order valence-electron chi connectivity index (χ1n) is 13.3. The molecule has 40 heavy (non-hydrogen) atoms. The molecule has 0 aromatic heterocycles. The summed E-state index contributed by atoms with van der Waals surface area (Å²) in [6.07, 6.45) is 0.744. The van der Waals surface area contributed by atoms with Crippen molar-refractivity contribution in [2.45, 2.75) is 71.5 Å². The van der Waals surface area contributed by atoms with Crippen LogP contribution in [0.4, 0.5) is 5.69 Å². The Morgan fingerprint density at radius 2 is 1.50 bits per heavy atom. The Hall–Kier alpha value is -3.17. The second kappa shape index (κ2) is 13.5. The molecule has 0 aliphatic heterocycles. The SMILES string of the molecule is CC[C@H](C)NC(=O)[C@@H](C)N(Cc1ccc(Br)cc1)C(=O)CN(c1cc(C)ccc1C)S(=O)(=O)c1ccc(C)cc1. The lowest BCUT2D eigenvalue weighted by Gasteiger charge is -2.33. The lowest BCUT2D eigenvalue weighted by molar-refractivity contribution is -0.139. The molecule has 0 spiro atoms. The minimum atomic E-state index is -4.11. The molecule has 2 atom stereocenters. The van der Waals surface area contributed by atoms with Crippen LogP contribution in [0.25, 0.3) is 0 Å². The molecule has 2 amide bonds. The van der Waals surface area contributed by atoms with Gasteiger partial charge in [0.15, 0.2) is 0 Å². The zero-order valence-corrected chi connectivity index (χ0v) is 26.3. The number of carbonyl (C=O) groups is 2. The van der Waals surface area contributed by atoms with Crippen molar-refractivity contribution in [1.29, 1.82) is 0 Å². The van der Waals surface area contributed by atoms with Crippen LogP contribution in [0.3, 0.4) is 0 Å². The topological polar surface area (TPSA) is 86.8 Å². The molecule has 0 aliphatic rings. The third-order valence-corrected chi connectivity index (χ3v) is 9.26. The number of anilines is 1. The molecule has 3 rings (SSSR count). The summed E-state index contributed by atoms with van der Waals surface area (Å²) in [6.45, 7) is 10.8. The van der Waals surface area contributed by atoms with Crippen LogP contribution in [0.2, 0.25) is 0 Å². The summed E-state index contributed by atoms with van der Waals surface area (Å²) in [7, 11) is -4.11. The highest BCUT2D eigenvalue weighted by Crippen LogP contribution is 2.29. The van der Waals surface area contributed by atoms with Gasteiger partial charge in [0.1, 0.15) is 12.6 Å². The first kappa shape index (κ1) is 31.4. The molecule has 0 fully saturated rings. The van der Waals surface area contributed by atoms with E-state index in [0.717, 1.165) is 37.5 Å². The van der Waals surface area contributed by atoms with Crippen LogP contribution in [0, 0.1) is 20.8 Å². The van der Waals surface area contributed by atoms with E-state index in [-0.39, 0.29) is 23.4 Å². The predicted octanol–water partition coefficient (Wildman–Crippen LogP) is 5.90. The molecule has 0 radical (unpaired) electrons. The molecule has 3 aromatic carbocycles. The van der Waals surface area contributed by atoms with Gasteiger partial charge in [0.2, 0.25) is 11.8 Å². The highest BCUT2D eigenvalue weighted by atomic mass is 79.9. The van der Waals surface area contributed by atoms with E-state index in [0.29, 0.717) is 5.69 Å². The molecule has 214 valence electrons. The summed E-state index contributed by atoms with van der Waals surface area (Å²) in [5.41, 5.74) is 3.75. The number of aryl methyl sites for hydroxylation is 3. The summed E-state index contributed by atoms with van der Waals surface area (Å²) in [6, 6.07) is 18.7. The number of carbonyl (C=O) groups excluding carboxylic acids is 2. The minimum Gasteiger partial charge on any atom is -0.352 e. The monoisotopic (exact) mass is 627 g/mol. The van der Waals surface area contributed by atoms with Crippen molar-refractivity contribution in [3.8, 4) is 0 Å². The number of hydrogen-bond acceptors (Lipinski definition) is 4. The summed E-state index contributed by atoms with van der Waals surface area (Å²) < 4.78 is 30.1. The van der Waals surface area contributed by atoms with Gasteiger partial charge in [-0.3, -0.25) is 13.9 Å². The number of benzene rings is 3. The number of nitrogens with one attached hydrogen (secondary N) is 1. The van der Waals surface area contributed by atoms with Gasteiger partial charge in [0, 0.05) is 17.1 Å². The molecule has 7 nitrogen and oxygen atoms in total. The van der Waals surface area contributed by atoms with Gasteiger partial charge in [0.25, 0.3) is 10.0 Å². The Labute approximate surface area is 246 Å². The fraction of sp³-hybridized carbons (Fsp3) is 0.355. The van der Waals surface area contributed by atoms with Gasteiger partial charge in [0.05, 0.1) is 10.6 Å². The molecular weight excluding hydrogens is 590 g/mol. The molecule has 1 N–H and O–H groups in total. The van der Waals surface area contributed by atoms with E-state index < -0.39 is 28.5 Å². The molecule has 3 aromatic rings. The lowest BCUT2D eigenvalue weighted by atomic mass is 10.1. The Morgan fingerprint density at radius 1 is 0.900 bits per heavy atom. The number of amides is 2. The van der Waals surface area contributed by atoms with E-state index in [9.17, 15) is 18.0 Å². The van der Waals surface area contributed by atoms with E-state index >= 15 is 0 Å². The van der Waals surface area contributed by atoms with Crippen LogP contribution in [-0.4, -0.2) is 43.8 Å². The van der Waals surface area contributed by atoms with Crippen molar-refractivity contribution in [3.63, 3.8) is 0 Å². The number of halogens is 1. The molecule has 0 saturated carbocycles. The highest BCUT2D eigenvalue weighted by molar-refractivity contribution is 9.10. The van der Waals surface area contributed by atoms with E-state index in [2.05, 4.69) is 21.2 Å². The van der Waals surface area contributed by atoms with Crippen LogP contribution in [0.5, 0.6) is 0 Å². The molecule has 0 unspecified atom stereocenters. The first-order chi connectivity index (χ1) is 18.8. The number of hydrogen-bond donors (Lipinski definition) is 1. The van der Waals surface area contributed by atoms with Gasteiger partial charge in [-0.25, -0.2) is 8.42 Å². The molecule has 9 heteroatoms. The van der Waals surface area contributed by atoms with Gasteiger partial charge in [-0.1, -0.05) is 64.8 Å². The Bertz CT molecular complexity index is 1440. The van der Waals surface area contributed by atoms with Crippen molar-refractivity contribution in [2.24, 2.45) is 0 Å². The summed E-state index contributed by atoms with van der Waals surface area (Å²) in [5.74, 6) is -0.772. The zero-order chi connectivity index (χ0) is 29.6. The number of rotatable bonds is 11. The van der Waals surface area contributed by atoms with Crippen molar-refractivity contribution in [1.82, 2.24) is 10.2 Å². The van der Waals surface area contributed by atoms with Gasteiger partial charge in [-0.2, -0.15) is 0 Å². The number of sulfonamides is 1. The Balaban J connectivity index is 2.06. The van der Waals surface area contributed by atoms with Crippen LogP contribution in [-0.2, 0) is 26.2 Å². The maximum Gasteiger partial charge on any atom is 0.264 e. The van der Waals surface area contributed by atoms with Crippen molar-refractivity contribution in [3.05, 3.63) is 93.5 Å². The van der Waals surface area contributed by atoms with Crippen molar-refractivity contribution < 1.29 is 18.0 Å². The van der Waals surface area contributed by atoms with E-state index in [1.54, 1.807) is 37.3 Å². The van der Waals surface area contributed by atoms with E-state index in [1.807, 2.05) is 71.0 Å². The maximum atomic E-state index is 14.1. The van der Waals surface area contributed by atoms with Gasteiger partial charge < -0.3 is 10.2 Å². The van der Waals surface area contributed by atoms with Crippen LogP contribution >= 0.6 is 15.9 Å². The Morgan fingerprint density at radius 3 is 2.10 bits per heavy atom.